The maximum absolute atomic E-state index is 11.9. The molecule has 0 saturated carbocycles. The van der Waals surface area contributed by atoms with E-state index in [1.165, 1.54) is 16.8 Å². The summed E-state index contributed by atoms with van der Waals surface area (Å²) in [5.41, 5.74) is 3.88. The minimum absolute atomic E-state index is 0.131. The number of rotatable bonds is 9. The zero-order chi connectivity index (χ0) is 17.4. The number of carbonyl (C=O) groups excluding carboxylic acids is 1. The van der Waals surface area contributed by atoms with Gasteiger partial charge in [0.05, 0.1) is 0 Å². The van der Waals surface area contributed by atoms with Crippen molar-refractivity contribution in [1.82, 2.24) is 5.32 Å². The number of carbonyl (C=O) groups is 1. The Kier molecular flexibility index (Phi) is 8.15. The lowest BCUT2D eigenvalue weighted by Crippen LogP contribution is -2.27. The zero-order valence-electron chi connectivity index (χ0n) is 15.7. The van der Waals surface area contributed by atoms with Gasteiger partial charge in [0.2, 0.25) is 5.91 Å². The van der Waals surface area contributed by atoms with Crippen LogP contribution in [0, 0.1) is 5.92 Å². The highest BCUT2D eigenvalue weighted by atomic mass is 16.1. The molecule has 0 aliphatic carbocycles. The van der Waals surface area contributed by atoms with Crippen LogP contribution in [0.2, 0.25) is 0 Å². The van der Waals surface area contributed by atoms with Crippen LogP contribution >= 0.6 is 0 Å². The van der Waals surface area contributed by atoms with Gasteiger partial charge in [0, 0.05) is 25.2 Å². The fraction of sp³-hybridized carbons (Fsp3) is 0.650. The predicted octanol–water partition coefficient (Wildman–Crippen LogP) is 4.90. The van der Waals surface area contributed by atoms with Crippen molar-refractivity contribution in [2.24, 2.45) is 5.92 Å². The third kappa shape index (κ3) is 6.64. The summed E-state index contributed by atoms with van der Waals surface area (Å²) in [5.74, 6) is 1.69. The van der Waals surface area contributed by atoms with E-state index in [1.54, 1.807) is 0 Å². The summed E-state index contributed by atoms with van der Waals surface area (Å²) in [6, 6.07) is 6.50. The predicted molar refractivity (Wildman–Crippen MR) is 100 cm³/mol. The molecule has 1 rings (SSSR count). The van der Waals surface area contributed by atoms with Crippen molar-refractivity contribution in [2.75, 3.05) is 18.4 Å². The molecule has 0 aliphatic rings. The van der Waals surface area contributed by atoms with E-state index in [1.807, 2.05) is 0 Å². The van der Waals surface area contributed by atoms with Gasteiger partial charge in [-0.05, 0) is 35.3 Å². The van der Waals surface area contributed by atoms with E-state index in [4.69, 9.17) is 0 Å². The average molecular weight is 319 g/mol. The summed E-state index contributed by atoms with van der Waals surface area (Å²) in [7, 11) is 0. The molecule has 3 heteroatoms. The molecule has 0 fully saturated rings. The molecule has 130 valence electrons. The second-order valence-corrected chi connectivity index (χ2v) is 7.33. The molecule has 3 nitrogen and oxygen atoms in total. The monoisotopic (exact) mass is 318 g/mol. The van der Waals surface area contributed by atoms with Crippen molar-refractivity contribution in [1.29, 1.82) is 0 Å². The number of nitrogens with one attached hydrogen (secondary N) is 2. The van der Waals surface area contributed by atoms with E-state index in [9.17, 15) is 4.79 Å². The standard InChI is InChI=1S/C20H34N2O/c1-14(2)10-12-21-19(23)11-13-22-20-17(15(3)4)8-7-9-18(20)16(5)6/h7-9,14-16,22H,10-13H2,1-6H3,(H,21,23). The average Bonchev–Trinajstić information content (AvgIpc) is 2.46. The maximum atomic E-state index is 11.9. The Morgan fingerprint density at radius 1 is 0.957 bits per heavy atom. The summed E-state index contributed by atoms with van der Waals surface area (Å²) in [6.45, 7) is 14.6. The molecule has 1 aromatic rings. The highest BCUT2D eigenvalue weighted by Crippen LogP contribution is 2.32. The fourth-order valence-corrected chi connectivity index (χ4v) is 2.64. The minimum atomic E-state index is 0.131. The fourth-order valence-electron chi connectivity index (χ4n) is 2.64. The van der Waals surface area contributed by atoms with Gasteiger partial charge in [-0.3, -0.25) is 4.79 Å². The van der Waals surface area contributed by atoms with Crippen LogP contribution in [0.15, 0.2) is 18.2 Å². The summed E-state index contributed by atoms with van der Waals surface area (Å²) in [6.07, 6.45) is 1.55. The van der Waals surface area contributed by atoms with Crippen LogP contribution < -0.4 is 10.6 Å². The maximum Gasteiger partial charge on any atom is 0.221 e. The minimum Gasteiger partial charge on any atom is -0.384 e. The van der Waals surface area contributed by atoms with Gasteiger partial charge >= 0.3 is 0 Å². The van der Waals surface area contributed by atoms with Gasteiger partial charge in [-0.1, -0.05) is 59.7 Å². The molecule has 2 N–H and O–H groups in total. The Labute approximate surface area is 142 Å². The first-order valence-electron chi connectivity index (χ1n) is 8.96. The normalized spacial score (nSPS) is 11.3. The van der Waals surface area contributed by atoms with Gasteiger partial charge in [0.15, 0.2) is 0 Å². The van der Waals surface area contributed by atoms with Crippen LogP contribution in [0.1, 0.15) is 77.3 Å². The first kappa shape index (κ1) is 19.5. The van der Waals surface area contributed by atoms with Crippen LogP contribution in [0.25, 0.3) is 0 Å². The van der Waals surface area contributed by atoms with Crippen LogP contribution in [0.5, 0.6) is 0 Å². The number of amides is 1. The van der Waals surface area contributed by atoms with Crippen molar-refractivity contribution >= 4 is 11.6 Å². The van der Waals surface area contributed by atoms with E-state index in [0.717, 1.165) is 13.0 Å². The Hall–Kier alpha value is -1.51. The topological polar surface area (TPSA) is 41.1 Å². The first-order valence-corrected chi connectivity index (χ1v) is 8.96. The van der Waals surface area contributed by atoms with Crippen LogP contribution in [0.4, 0.5) is 5.69 Å². The number of para-hydroxylation sites is 1. The van der Waals surface area contributed by atoms with E-state index in [0.29, 0.717) is 30.7 Å². The van der Waals surface area contributed by atoms with E-state index < -0.39 is 0 Å². The van der Waals surface area contributed by atoms with Gasteiger partial charge in [0.25, 0.3) is 0 Å². The molecular weight excluding hydrogens is 284 g/mol. The van der Waals surface area contributed by atoms with Crippen LogP contribution in [-0.2, 0) is 4.79 Å². The summed E-state index contributed by atoms with van der Waals surface area (Å²) in [5, 5.41) is 6.51. The lowest BCUT2D eigenvalue weighted by atomic mass is 9.92. The molecule has 0 spiro atoms. The van der Waals surface area contributed by atoms with Crippen LogP contribution in [0.3, 0.4) is 0 Å². The molecule has 0 bridgehead atoms. The number of hydrogen-bond acceptors (Lipinski definition) is 2. The number of hydrogen-bond donors (Lipinski definition) is 2. The van der Waals surface area contributed by atoms with Gasteiger partial charge in [-0.2, -0.15) is 0 Å². The second-order valence-electron chi connectivity index (χ2n) is 7.33. The smallest absolute Gasteiger partial charge is 0.221 e. The van der Waals surface area contributed by atoms with Gasteiger partial charge in [-0.25, -0.2) is 0 Å². The molecular formula is C20H34N2O. The molecule has 0 aromatic heterocycles. The Morgan fingerprint density at radius 2 is 1.52 bits per heavy atom. The molecule has 1 aromatic carbocycles. The van der Waals surface area contributed by atoms with Crippen molar-refractivity contribution in [3.8, 4) is 0 Å². The van der Waals surface area contributed by atoms with E-state index in [2.05, 4.69) is 70.4 Å². The molecule has 1 amide bonds. The van der Waals surface area contributed by atoms with Gasteiger partial charge in [-0.15, -0.1) is 0 Å². The Bertz CT molecular complexity index is 466. The largest absolute Gasteiger partial charge is 0.384 e. The van der Waals surface area contributed by atoms with Crippen molar-refractivity contribution in [3.63, 3.8) is 0 Å². The summed E-state index contributed by atoms with van der Waals surface area (Å²) < 4.78 is 0. The summed E-state index contributed by atoms with van der Waals surface area (Å²) in [4.78, 5) is 11.9. The highest BCUT2D eigenvalue weighted by Gasteiger charge is 2.13. The number of benzene rings is 1. The molecule has 0 radical (unpaired) electrons. The molecule has 0 aliphatic heterocycles. The van der Waals surface area contributed by atoms with Gasteiger partial charge < -0.3 is 10.6 Å². The third-order valence-electron chi connectivity index (χ3n) is 4.07. The van der Waals surface area contributed by atoms with Gasteiger partial charge in [0.1, 0.15) is 0 Å². The molecule has 0 atom stereocenters. The van der Waals surface area contributed by atoms with Crippen molar-refractivity contribution < 1.29 is 4.79 Å². The quantitative estimate of drug-likeness (QED) is 0.680. The lowest BCUT2D eigenvalue weighted by molar-refractivity contribution is -0.120. The van der Waals surface area contributed by atoms with Crippen molar-refractivity contribution in [2.45, 2.75) is 66.2 Å². The van der Waals surface area contributed by atoms with Crippen LogP contribution in [-0.4, -0.2) is 19.0 Å². The second kappa shape index (κ2) is 9.59. The number of anilines is 1. The SMILES string of the molecule is CC(C)CCNC(=O)CCNc1c(C(C)C)cccc1C(C)C. The van der Waals surface area contributed by atoms with Crippen molar-refractivity contribution in [3.05, 3.63) is 29.3 Å². The first-order chi connectivity index (χ1) is 10.8. The molecule has 23 heavy (non-hydrogen) atoms. The molecule has 0 saturated heterocycles. The summed E-state index contributed by atoms with van der Waals surface area (Å²) >= 11 is 0. The third-order valence-corrected chi connectivity index (χ3v) is 4.07. The molecule has 0 heterocycles. The lowest BCUT2D eigenvalue weighted by Gasteiger charge is -2.21. The molecule has 0 unspecified atom stereocenters. The van der Waals surface area contributed by atoms with E-state index >= 15 is 0 Å². The highest BCUT2D eigenvalue weighted by molar-refractivity contribution is 5.76. The zero-order valence-corrected chi connectivity index (χ0v) is 15.7. The van der Waals surface area contributed by atoms with E-state index in [-0.39, 0.29) is 5.91 Å². The Balaban J connectivity index is 2.61. The Morgan fingerprint density at radius 3 is 2.00 bits per heavy atom.